The zero-order valence-corrected chi connectivity index (χ0v) is 17.1. The van der Waals surface area contributed by atoms with Crippen molar-refractivity contribution in [1.29, 1.82) is 0 Å². The van der Waals surface area contributed by atoms with Gasteiger partial charge in [-0.25, -0.2) is 8.42 Å². The van der Waals surface area contributed by atoms with E-state index in [0.717, 1.165) is 28.3 Å². The van der Waals surface area contributed by atoms with Gasteiger partial charge in [0, 0.05) is 28.6 Å². The van der Waals surface area contributed by atoms with Crippen LogP contribution in [-0.2, 0) is 15.8 Å². The second-order valence-electron chi connectivity index (χ2n) is 5.47. The zero-order valence-electron chi connectivity index (χ0n) is 14.0. The normalized spacial score (nSPS) is 11.2. The molecule has 0 heterocycles. The van der Waals surface area contributed by atoms with Gasteiger partial charge in [0.15, 0.2) is 0 Å². The molecule has 26 heavy (non-hydrogen) atoms. The van der Waals surface area contributed by atoms with Crippen molar-refractivity contribution in [3.63, 3.8) is 0 Å². The number of nitrogens with one attached hydrogen (secondary N) is 2. The summed E-state index contributed by atoms with van der Waals surface area (Å²) in [6, 6.07) is 12.1. The fraction of sp³-hybridized carbons (Fsp3) is 0.235. The van der Waals surface area contributed by atoms with Crippen molar-refractivity contribution in [2.24, 2.45) is 0 Å². The monoisotopic (exact) mass is 432 g/mol. The number of rotatable bonds is 8. The summed E-state index contributed by atoms with van der Waals surface area (Å²) >= 11 is 13.8. The van der Waals surface area contributed by atoms with Crippen molar-refractivity contribution in [3.8, 4) is 0 Å². The fourth-order valence-electron chi connectivity index (χ4n) is 2.08. The van der Waals surface area contributed by atoms with Crippen LogP contribution in [0, 0.1) is 0 Å². The molecular formula is C17H18Cl2N2O3S2. The molecule has 2 rings (SSSR count). The number of thioether (sulfide) groups is 1. The third-order valence-corrected chi connectivity index (χ3v) is 5.55. The third-order valence-electron chi connectivity index (χ3n) is 3.27. The number of amides is 1. The first-order valence-electron chi connectivity index (χ1n) is 7.63. The molecule has 0 radical (unpaired) electrons. The van der Waals surface area contributed by atoms with Crippen LogP contribution in [0.1, 0.15) is 15.9 Å². The Labute approximate surface area is 167 Å². The van der Waals surface area contributed by atoms with Gasteiger partial charge in [0.05, 0.1) is 17.0 Å². The lowest BCUT2D eigenvalue weighted by Gasteiger charge is -2.09. The van der Waals surface area contributed by atoms with Crippen LogP contribution in [0.5, 0.6) is 0 Å². The average Bonchev–Trinajstić information content (AvgIpc) is 2.56. The number of carbonyl (C=O) groups is 1. The van der Waals surface area contributed by atoms with Gasteiger partial charge in [0.2, 0.25) is 10.0 Å². The van der Waals surface area contributed by atoms with Crippen LogP contribution in [-0.4, -0.2) is 32.9 Å². The van der Waals surface area contributed by atoms with Gasteiger partial charge in [0.1, 0.15) is 0 Å². The fourth-order valence-corrected chi connectivity index (χ4v) is 4.08. The van der Waals surface area contributed by atoms with Crippen LogP contribution < -0.4 is 10.0 Å². The quantitative estimate of drug-likeness (QED) is 0.617. The summed E-state index contributed by atoms with van der Waals surface area (Å²) in [5.74, 6) is 1.24. The molecule has 2 N–H and O–H groups in total. The molecule has 140 valence electrons. The summed E-state index contributed by atoms with van der Waals surface area (Å²) in [7, 11) is -3.43. The zero-order chi connectivity index (χ0) is 19.2. The molecular weight excluding hydrogens is 415 g/mol. The summed E-state index contributed by atoms with van der Waals surface area (Å²) < 4.78 is 24.8. The van der Waals surface area contributed by atoms with E-state index in [0.29, 0.717) is 12.1 Å². The van der Waals surface area contributed by atoms with E-state index in [1.54, 1.807) is 11.8 Å². The van der Waals surface area contributed by atoms with E-state index in [1.165, 1.54) is 18.2 Å². The smallest absolute Gasteiger partial charge is 0.251 e. The number of sulfonamides is 1. The SMILES string of the molecule is CS(=O)(=O)Nc1ccc(C(=O)NCCSCc2ccccc2Cl)cc1Cl. The minimum Gasteiger partial charge on any atom is -0.351 e. The predicted molar refractivity (Wildman–Crippen MR) is 110 cm³/mol. The van der Waals surface area contributed by atoms with Crippen LogP contribution in [0.2, 0.25) is 10.0 Å². The average molecular weight is 433 g/mol. The van der Waals surface area contributed by atoms with Gasteiger partial charge in [-0.3, -0.25) is 9.52 Å². The second-order valence-corrected chi connectivity index (χ2v) is 9.14. The maximum Gasteiger partial charge on any atom is 0.251 e. The molecule has 0 spiro atoms. The van der Waals surface area contributed by atoms with Crippen molar-refractivity contribution >= 4 is 56.6 Å². The highest BCUT2D eigenvalue weighted by atomic mass is 35.5. The number of halogens is 2. The highest BCUT2D eigenvalue weighted by molar-refractivity contribution is 7.98. The summed E-state index contributed by atoms with van der Waals surface area (Å²) in [5.41, 5.74) is 1.66. The van der Waals surface area contributed by atoms with Crippen molar-refractivity contribution < 1.29 is 13.2 Å². The first-order chi connectivity index (χ1) is 12.3. The molecule has 0 atom stereocenters. The molecule has 5 nitrogen and oxygen atoms in total. The lowest BCUT2D eigenvalue weighted by Crippen LogP contribution is -2.25. The molecule has 0 aliphatic rings. The first-order valence-corrected chi connectivity index (χ1v) is 11.4. The van der Waals surface area contributed by atoms with Crippen molar-refractivity contribution in [1.82, 2.24) is 5.32 Å². The van der Waals surface area contributed by atoms with Crippen LogP contribution in [0.15, 0.2) is 42.5 Å². The molecule has 0 aromatic heterocycles. The summed E-state index contributed by atoms with van der Waals surface area (Å²) in [4.78, 5) is 12.1. The molecule has 0 saturated carbocycles. The molecule has 2 aromatic rings. The lowest BCUT2D eigenvalue weighted by molar-refractivity contribution is 0.0956. The minimum absolute atomic E-state index is 0.163. The summed E-state index contributed by atoms with van der Waals surface area (Å²) in [6.07, 6.45) is 1.03. The van der Waals surface area contributed by atoms with Crippen molar-refractivity contribution in [2.75, 3.05) is 23.3 Å². The van der Waals surface area contributed by atoms with E-state index < -0.39 is 10.0 Å². The Morgan fingerprint density at radius 3 is 2.50 bits per heavy atom. The van der Waals surface area contributed by atoms with E-state index in [2.05, 4.69) is 10.0 Å². The predicted octanol–water partition coefficient (Wildman–Crippen LogP) is 4.03. The number of hydrogen-bond donors (Lipinski definition) is 2. The summed E-state index contributed by atoms with van der Waals surface area (Å²) in [6.45, 7) is 0.495. The first kappa shape index (κ1) is 20.9. The van der Waals surface area contributed by atoms with Gasteiger partial charge >= 0.3 is 0 Å². The van der Waals surface area contributed by atoms with E-state index in [4.69, 9.17) is 23.2 Å². The number of benzene rings is 2. The minimum atomic E-state index is -3.43. The molecule has 1 amide bonds. The Morgan fingerprint density at radius 2 is 1.85 bits per heavy atom. The van der Waals surface area contributed by atoms with Crippen LogP contribution in [0.4, 0.5) is 5.69 Å². The van der Waals surface area contributed by atoms with E-state index in [1.807, 2.05) is 24.3 Å². The van der Waals surface area contributed by atoms with E-state index in [-0.39, 0.29) is 16.6 Å². The topological polar surface area (TPSA) is 75.3 Å². The lowest BCUT2D eigenvalue weighted by atomic mass is 10.2. The molecule has 0 fully saturated rings. The van der Waals surface area contributed by atoms with Crippen LogP contribution in [0.3, 0.4) is 0 Å². The van der Waals surface area contributed by atoms with Gasteiger partial charge in [-0.05, 0) is 29.8 Å². The molecule has 9 heteroatoms. The Balaban J connectivity index is 1.81. The summed E-state index contributed by atoms with van der Waals surface area (Å²) in [5, 5.41) is 3.71. The maximum absolute atomic E-state index is 12.1. The molecule has 0 bridgehead atoms. The maximum atomic E-state index is 12.1. The van der Waals surface area contributed by atoms with E-state index >= 15 is 0 Å². The Morgan fingerprint density at radius 1 is 1.12 bits per heavy atom. The number of carbonyl (C=O) groups excluding carboxylic acids is 1. The third kappa shape index (κ3) is 6.72. The Kier molecular flexibility index (Phi) is 7.64. The molecule has 2 aromatic carbocycles. The van der Waals surface area contributed by atoms with Crippen LogP contribution >= 0.6 is 35.0 Å². The molecule has 0 saturated heterocycles. The highest BCUT2D eigenvalue weighted by Gasteiger charge is 2.11. The standard InChI is InChI=1S/C17H18Cl2N2O3S2/c1-26(23,24)21-16-7-6-12(10-15(16)19)17(22)20-8-9-25-11-13-4-2-3-5-14(13)18/h2-7,10,21H,8-9,11H2,1H3,(H,20,22). The van der Waals surface area contributed by atoms with Crippen molar-refractivity contribution in [3.05, 3.63) is 63.6 Å². The Hall–Kier alpha value is -1.41. The molecule has 0 aliphatic carbocycles. The van der Waals surface area contributed by atoms with Crippen LogP contribution in [0.25, 0.3) is 0 Å². The van der Waals surface area contributed by atoms with Gasteiger partial charge in [0.25, 0.3) is 5.91 Å². The van der Waals surface area contributed by atoms with E-state index in [9.17, 15) is 13.2 Å². The largest absolute Gasteiger partial charge is 0.351 e. The number of anilines is 1. The van der Waals surface area contributed by atoms with Gasteiger partial charge in [-0.1, -0.05) is 41.4 Å². The van der Waals surface area contributed by atoms with Gasteiger partial charge in [-0.2, -0.15) is 11.8 Å². The Bertz CT molecular complexity index is 889. The highest BCUT2D eigenvalue weighted by Crippen LogP contribution is 2.24. The van der Waals surface area contributed by atoms with Crippen molar-refractivity contribution in [2.45, 2.75) is 5.75 Å². The second kappa shape index (κ2) is 9.50. The number of hydrogen-bond acceptors (Lipinski definition) is 4. The molecule has 0 aliphatic heterocycles. The molecule has 0 unspecified atom stereocenters. The van der Waals surface area contributed by atoms with Gasteiger partial charge < -0.3 is 5.32 Å². The van der Waals surface area contributed by atoms with Gasteiger partial charge in [-0.15, -0.1) is 0 Å².